The molecule has 1 amide bonds. The van der Waals surface area contributed by atoms with Crippen molar-refractivity contribution in [3.63, 3.8) is 0 Å². The lowest BCUT2D eigenvalue weighted by Gasteiger charge is -2.24. The fourth-order valence-corrected chi connectivity index (χ4v) is 7.13. The van der Waals surface area contributed by atoms with Gasteiger partial charge < -0.3 is 9.64 Å². The van der Waals surface area contributed by atoms with Gasteiger partial charge in [-0.05, 0) is 24.1 Å². The van der Waals surface area contributed by atoms with E-state index in [1.165, 1.54) is 11.8 Å². The molecule has 0 spiro atoms. The molecule has 136 valence electrons. The standard InChI is InChI=1S/C16H19ClN2O4S2/c1-23-12-4-2-11(3-5-12)6-7-19-13-9-25(21,22)10-14(13)24-16(19)18-15(20)8-17/h2-5,13-14H,6-10H2,1H3/t13-,14-/m1/s1. The van der Waals surface area contributed by atoms with Gasteiger partial charge in [-0.15, -0.1) is 11.6 Å². The van der Waals surface area contributed by atoms with Gasteiger partial charge in [-0.25, -0.2) is 8.42 Å². The quantitative estimate of drug-likeness (QED) is 0.696. The summed E-state index contributed by atoms with van der Waals surface area (Å²) in [6, 6.07) is 7.61. The topological polar surface area (TPSA) is 76.0 Å². The molecular formula is C16H19ClN2O4S2. The van der Waals surface area contributed by atoms with E-state index < -0.39 is 15.7 Å². The fraction of sp³-hybridized carbons (Fsp3) is 0.500. The number of fused-ring (bicyclic) bond motifs is 1. The van der Waals surface area contributed by atoms with Crippen LogP contribution in [-0.4, -0.2) is 66.7 Å². The number of amides is 1. The molecule has 0 saturated carbocycles. The molecule has 3 rings (SSSR count). The molecule has 0 N–H and O–H groups in total. The van der Waals surface area contributed by atoms with Crippen molar-refractivity contribution < 1.29 is 17.9 Å². The Morgan fingerprint density at radius 1 is 1.36 bits per heavy atom. The van der Waals surface area contributed by atoms with E-state index >= 15 is 0 Å². The lowest BCUT2D eigenvalue weighted by molar-refractivity contribution is -0.115. The van der Waals surface area contributed by atoms with Crippen molar-refractivity contribution in [2.24, 2.45) is 4.99 Å². The monoisotopic (exact) mass is 402 g/mol. The van der Waals surface area contributed by atoms with Gasteiger partial charge in [0.05, 0.1) is 24.7 Å². The molecule has 0 bridgehead atoms. The third kappa shape index (κ3) is 4.30. The van der Waals surface area contributed by atoms with Crippen LogP contribution in [0.3, 0.4) is 0 Å². The molecule has 2 aliphatic rings. The number of amidine groups is 1. The second kappa shape index (κ2) is 7.55. The smallest absolute Gasteiger partial charge is 0.262 e. The highest BCUT2D eigenvalue weighted by Gasteiger charge is 2.48. The number of methoxy groups -OCH3 is 1. The largest absolute Gasteiger partial charge is 0.497 e. The minimum atomic E-state index is -3.03. The first-order valence-corrected chi connectivity index (χ1v) is 11.1. The molecule has 25 heavy (non-hydrogen) atoms. The van der Waals surface area contributed by atoms with Gasteiger partial charge in [0, 0.05) is 11.8 Å². The van der Waals surface area contributed by atoms with E-state index in [-0.39, 0.29) is 28.7 Å². The summed E-state index contributed by atoms with van der Waals surface area (Å²) in [6.45, 7) is 0.602. The van der Waals surface area contributed by atoms with Gasteiger partial charge in [0.25, 0.3) is 5.91 Å². The zero-order valence-corrected chi connectivity index (χ0v) is 16.1. The fourth-order valence-electron chi connectivity index (χ4n) is 3.08. The van der Waals surface area contributed by atoms with Gasteiger partial charge in [-0.3, -0.25) is 4.79 Å². The normalized spacial score (nSPS) is 26.0. The maximum Gasteiger partial charge on any atom is 0.262 e. The molecule has 2 saturated heterocycles. The predicted molar refractivity (Wildman–Crippen MR) is 100 cm³/mol. The van der Waals surface area contributed by atoms with Crippen LogP contribution in [0, 0.1) is 0 Å². The zero-order valence-electron chi connectivity index (χ0n) is 13.7. The molecular weight excluding hydrogens is 384 g/mol. The molecule has 2 fully saturated rings. The van der Waals surface area contributed by atoms with Gasteiger partial charge in [0.15, 0.2) is 15.0 Å². The second-order valence-corrected chi connectivity index (χ2v) is 9.64. The minimum Gasteiger partial charge on any atom is -0.497 e. The molecule has 2 aliphatic heterocycles. The van der Waals surface area contributed by atoms with Crippen molar-refractivity contribution in [3.05, 3.63) is 29.8 Å². The van der Waals surface area contributed by atoms with Gasteiger partial charge in [0.2, 0.25) is 0 Å². The second-order valence-electron chi connectivity index (χ2n) is 6.01. The van der Waals surface area contributed by atoms with Crippen LogP contribution in [-0.2, 0) is 21.1 Å². The van der Waals surface area contributed by atoms with Crippen LogP contribution in [0.5, 0.6) is 5.75 Å². The van der Waals surface area contributed by atoms with Gasteiger partial charge in [-0.2, -0.15) is 4.99 Å². The number of carbonyl (C=O) groups is 1. The van der Waals surface area contributed by atoms with E-state index in [0.29, 0.717) is 11.7 Å². The van der Waals surface area contributed by atoms with Crippen LogP contribution in [0.25, 0.3) is 0 Å². The number of halogens is 1. The summed E-state index contributed by atoms with van der Waals surface area (Å²) in [6.07, 6.45) is 0.724. The number of alkyl halides is 1. The summed E-state index contributed by atoms with van der Waals surface area (Å²) in [5, 5.41) is 0.520. The molecule has 0 aromatic heterocycles. The van der Waals surface area contributed by atoms with Crippen molar-refractivity contribution in [2.45, 2.75) is 17.7 Å². The van der Waals surface area contributed by atoms with Crippen LogP contribution < -0.4 is 4.74 Å². The molecule has 6 nitrogen and oxygen atoms in total. The van der Waals surface area contributed by atoms with E-state index in [0.717, 1.165) is 17.7 Å². The van der Waals surface area contributed by atoms with E-state index in [9.17, 15) is 13.2 Å². The van der Waals surface area contributed by atoms with Crippen LogP contribution in [0.15, 0.2) is 29.3 Å². The number of nitrogens with zero attached hydrogens (tertiary/aromatic N) is 2. The number of hydrogen-bond donors (Lipinski definition) is 0. The molecule has 2 heterocycles. The van der Waals surface area contributed by atoms with E-state index in [1.807, 2.05) is 29.2 Å². The first-order chi connectivity index (χ1) is 11.9. The van der Waals surface area contributed by atoms with Gasteiger partial charge >= 0.3 is 0 Å². The summed E-state index contributed by atoms with van der Waals surface area (Å²) in [5.74, 6) is 0.458. The Bertz CT molecular complexity index is 780. The van der Waals surface area contributed by atoms with Crippen molar-refractivity contribution >= 4 is 44.3 Å². The van der Waals surface area contributed by atoms with Crippen molar-refractivity contribution in [2.75, 3.05) is 31.0 Å². The van der Waals surface area contributed by atoms with Crippen molar-refractivity contribution in [3.8, 4) is 5.75 Å². The maximum absolute atomic E-state index is 11.9. The molecule has 0 aliphatic carbocycles. The Kier molecular flexibility index (Phi) is 5.60. The summed E-state index contributed by atoms with van der Waals surface area (Å²) in [5.41, 5.74) is 1.11. The molecule has 1 aromatic carbocycles. The van der Waals surface area contributed by atoms with E-state index in [4.69, 9.17) is 16.3 Å². The number of ether oxygens (including phenoxy) is 1. The van der Waals surface area contributed by atoms with Crippen molar-refractivity contribution in [1.29, 1.82) is 0 Å². The number of sulfone groups is 1. The SMILES string of the molecule is COc1ccc(CCN2C(=NC(=O)CCl)S[C@@H]3CS(=O)(=O)C[C@H]32)cc1. The molecule has 0 radical (unpaired) electrons. The summed E-state index contributed by atoms with van der Waals surface area (Å²) < 4.78 is 29.0. The van der Waals surface area contributed by atoms with E-state index in [1.54, 1.807) is 7.11 Å². The number of thioether (sulfide) groups is 1. The average Bonchev–Trinajstić information content (AvgIpc) is 3.04. The lowest BCUT2D eigenvalue weighted by atomic mass is 10.1. The summed E-state index contributed by atoms with van der Waals surface area (Å²) in [7, 11) is -1.41. The van der Waals surface area contributed by atoms with Crippen molar-refractivity contribution in [1.82, 2.24) is 4.90 Å². The van der Waals surface area contributed by atoms with E-state index in [2.05, 4.69) is 4.99 Å². The molecule has 9 heteroatoms. The Labute approximate surface area is 156 Å². The van der Waals surface area contributed by atoms with Crippen LogP contribution in [0.4, 0.5) is 0 Å². The third-order valence-electron chi connectivity index (χ3n) is 4.31. The number of rotatable bonds is 5. The Hall–Kier alpha value is -1.25. The van der Waals surface area contributed by atoms with Crippen LogP contribution >= 0.6 is 23.4 Å². The number of carbonyl (C=O) groups excluding carboxylic acids is 1. The molecule has 1 aromatic rings. The summed E-state index contributed by atoms with van der Waals surface area (Å²) in [4.78, 5) is 17.6. The average molecular weight is 403 g/mol. The highest BCUT2D eigenvalue weighted by Crippen LogP contribution is 2.38. The summed E-state index contributed by atoms with van der Waals surface area (Å²) >= 11 is 6.93. The van der Waals surface area contributed by atoms with Gasteiger partial charge in [0.1, 0.15) is 11.6 Å². The first kappa shape index (κ1) is 18.5. The Balaban J connectivity index is 1.76. The lowest BCUT2D eigenvalue weighted by Crippen LogP contribution is -2.39. The molecule has 0 unspecified atom stereocenters. The highest BCUT2D eigenvalue weighted by atomic mass is 35.5. The Morgan fingerprint density at radius 2 is 2.08 bits per heavy atom. The number of aliphatic imine (C=N–C) groups is 1. The zero-order chi connectivity index (χ0) is 18.0. The molecule has 2 atom stereocenters. The first-order valence-electron chi connectivity index (χ1n) is 7.86. The minimum absolute atomic E-state index is 0.0669. The maximum atomic E-state index is 11.9. The van der Waals surface area contributed by atoms with Gasteiger partial charge in [-0.1, -0.05) is 23.9 Å². The van der Waals surface area contributed by atoms with Crippen LogP contribution in [0.2, 0.25) is 0 Å². The highest BCUT2D eigenvalue weighted by molar-refractivity contribution is 8.15. The van der Waals surface area contributed by atoms with Crippen LogP contribution in [0.1, 0.15) is 5.56 Å². The predicted octanol–water partition coefficient (Wildman–Crippen LogP) is 1.57. The number of hydrogen-bond acceptors (Lipinski definition) is 5. The number of benzene rings is 1. The Morgan fingerprint density at radius 3 is 2.72 bits per heavy atom. The third-order valence-corrected chi connectivity index (χ3v) is 7.79.